The lowest BCUT2D eigenvalue weighted by Crippen LogP contribution is -2.38. The van der Waals surface area contributed by atoms with Gasteiger partial charge >= 0.3 is 11.2 Å². The van der Waals surface area contributed by atoms with Crippen LogP contribution in [0.2, 0.25) is 0 Å². The topological polar surface area (TPSA) is 113 Å². The summed E-state index contributed by atoms with van der Waals surface area (Å²) in [5, 5.41) is 10.1. The molecule has 0 unspecified atom stereocenters. The minimum Gasteiger partial charge on any atom is -0.488 e. The molecule has 0 spiro atoms. The Kier molecular flexibility index (Phi) is 3.60. The van der Waals surface area contributed by atoms with Crippen molar-refractivity contribution in [2.75, 3.05) is 0 Å². The van der Waals surface area contributed by atoms with Gasteiger partial charge in [-0.25, -0.2) is 0 Å². The van der Waals surface area contributed by atoms with E-state index in [1.807, 2.05) is 6.07 Å². The van der Waals surface area contributed by atoms with Gasteiger partial charge in [0.2, 0.25) is 0 Å². The van der Waals surface area contributed by atoms with Gasteiger partial charge in [0.25, 0.3) is 11.8 Å². The van der Waals surface area contributed by atoms with Gasteiger partial charge in [-0.2, -0.15) is 9.55 Å². The van der Waals surface area contributed by atoms with Crippen LogP contribution in [0.1, 0.15) is 10.4 Å². The van der Waals surface area contributed by atoms with Crippen molar-refractivity contribution in [1.82, 2.24) is 9.97 Å². The van der Waals surface area contributed by atoms with Crippen LogP contribution >= 0.6 is 0 Å². The molecule has 3 rings (SSSR count). The van der Waals surface area contributed by atoms with E-state index in [0.717, 1.165) is 0 Å². The minimum atomic E-state index is -0.635. The molecular weight excluding hydrogens is 296 g/mol. The van der Waals surface area contributed by atoms with Crippen molar-refractivity contribution in [3.05, 3.63) is 70.8 Å². The summed E-state index contributed by atoms with van der Waals surface area (Å²) in [6, 6.07) is 12.0. The largest absolute Gasteiger partial charge is 0.488 e. The number of carbonyl (C=O) groups is 1. The number of hydrogen-bond donors (Lipinski definition) is 3. The fraction of sp³-hybridized carbons (Fsp3) is 0. The summed E-state index contributed by atoms with van der Waals surface area (Å²) in [4.78, 5) is 30.2. The number of H-pyrrole nitrogens is 1. The summed E-state index contributed by atoms with van der Waals surface area (Å²) in [7, 11) is 0. The molecule has 2 aromatic heterocycles. The molecule has 1 amide bonds. The van der Waals surface area contributed by atoms with E-state index in [0.29, 0.717) is 5.56 Å². The lowest BCUT2D eigenvalue weighted by atomic mass is 10.2. The van der Waals surface area contributed by atoms with Crippen molar-refractivity contribution >= 4 is 5.91 Å². The Bertz CT molecular complexity index is 936. The minimum absolute atomic E-state index is 0.0900. The van der Waals surface area contributed by atoms with Crippen molar-refractivity contribution in [2.24, 2.45) is 5.73 Å². The number of hydrogen-bond acceptors (Lipinski definition) is 4. The van der Waals surface area contributed by atoms with E-state index in [1.54, 1.807) is 30.3 Å². The van der Waals surface area contributed by atoms with Crippen molar-refractivity contribution in [2.45, 2.75) is 0 Å². The number of rotatable bonds is 3. The van der Waals surface area contributed by atoms with Crippen LogP contribution in [0.15, 0.2) is 59.7 Å². The summed E-state index contributed by atoms with van der Waals surface area (Å²) < 4.78 is 1.30. The van der Waals surface area contributed by atoms with Crippen LogP contribution < -0.4 is 15.9 Å². The zero-order chi connectivity index (χ0) is 16.4. The molecule has 7 nitrogen and oxygen atoms in total. The third kappa shape index (κ3) is 2.80. The number of aromatic nitrogens is 3. The highest BCUT2D eigenvalue weighted by Gasteiger charge is 2.22. The number of aromatic amines is 1. The number of aromatic hydroxyl groups is 1. The van der Waals surface area contributed by atoms with Gasteiger partial charge in [0.15, 0.2) is 12.4 Å². The number of nitrogens with one attached hydrogen (secondary N) is 1. The van der Waals surface area contributed by atoms with Gasteiger partial charge in [0, 0.05) is 11.6 Å². The smallest absolute Gasteiger partial charge is 0.338 e. The third-order valence-electron chi connectivity index (χ3n) is 3.27. The van der Waals surface area contributed by atoms with Gasteiger partial charge in [-0.05, 0) is 6.07 Å². The van der Waals surface area contributed by atoms with Crippen LogP contribution in [0.5, 0.6) is 5.88 Å². The van der Waals surface area contributed by atoms with Gasteiger partial charge in [0.1, 0.15) is 11.4 Å². The SMILES string of the molecule is NC(=O)c1ccc[n+](-c2c(O)nc(-c3ccccc3)[nH]c2=O)c1. The first-order valence-electron chi connectivity index (χ1n) is 6.76. The fourth-order valence-electron chi connectivity index (χ4n) is 2.18. The summed E-state index contributed by atoms with van der Waals surface area (Å²) in [6.45, 7) is 0. The van der Waals surface area contributed by atoms with Gasteiger partial charge in [-0.1, -0.05) is 30.3 Å². The summed E-state index contributed by atoms with van der Waals surface area (Å²) in [6.07, 6.45) is 2.87. The zero-order valence-electron chi connectivity index (χ0n) is 11.9. The Morgan fingerprint density at radius 1 is 1.17 bits per heavy atom. The lowest BCUT2D eigenvalue weighted by molar-refractivity contribution is -0.597. The van der Waals surface area contributed by atoms with Crippen molar-refractivity contribution in [3.8, 4) is 23.0 Å². The molecule has 7 heteroatoms. The Balaban J connectivity index is 2.14. The molecule has 3 aromatic rings. The second kappa shape index (κ2) is 5.72. The molecule has 0 saturated carbocycles. The average molecular weight is 309 g/mol. The van der Waals surface area contributed by atoms with Gasteiger partial charge in [-0.3, -0.25) is 9.59 Å². The molecule has 2 heterocycles. The molecule has 0 aliphatic carbocycles. The average Bonchev–Trinajstić information content (AvgIpc) is 2.55. The maximum Gasteiger partial charge on any atom is 0.338 e. The number of primary amides is 1. The van der Waals surface area contributed by atoms with E-state index < -0.39 is 17.3 Å². The fourth-order valence-corrected chi connectivity index (χ4v) is 2.18. The first-order valence-corrected chi connectivity index (χ1v) is 6.76. The van der Waals surface area contributed by atoms with Crippen LogP contribution in [0.25, 0.3) is 17.1 Å². The van der Waals surface area contributed by atoms with Crippen LogP contribution in [0.4, 0.5) is 0 Å². The summed E-state index contributed by atoms with van der Waals surface area (Å²) >= 11 is 0. The Morgan fingerprint density at radius 3 is 2.57 bits per heavy atom. The quantitative estimate of drug-likeness (QED) is 0.612. The van der Waals surface area contributed by atoms with E-state index in [4.69, 9.17) is 5.73 Å². The molecule has 23 heavy (non-hydrogen) atoms. The predicted octanol–water partition coefficient (Wildman–Crippen LogP) is 0.518. The number of nitrogens with zero attached hydrogens (tertiary/aromatic N) is 2. The van der Waals surface area contributed by atoms with Crippen molar-refractivity contribution in [1.29, 1.82) is 0 Å². The molecular formula is C16H13N4O3+. The summed E-state index contributed by atoms with van der Waals surface area (Å²) in [5.41, 5.74) is 5.47. The monoisotopic (exact) mass is 309 g/mol. The highest BCUT2D eigenvalue weighted by atomic mass is 16.3. The zero-order valence-corrected chi connectivity index (χ0v) is 11.9. The number of nitrogens with two attached hydrogens (primary N) is 1. The molecule has 0 atom stereocenters. The molecule has 0 radical (unpaired) electrons. The van der Waals surface area contributed by atoms with E-state index in [9.17, 15) is 14.7 Å². The van der Waals surface area contributed by atoms with Crippen molar-refractivity contribution < 1.29 is 14.5 Å². The van der Waals surface area contributed by atoms with E-state index >= 15 is 0 Å². The molecule has 0 fully saturated rings. The van der Waals surface area contributed by atoms with Crippen molar-refractivity contribution in [3.63, 3.8) is 0 Å². The number of carbonyl (C=O) groups excluding carboxylic acids is 1. The van der Waals surface area contributed by atoms with Gasteiger partial charge in [0.05, 0.1) is 0 Å². The highest BCUT2D eigenvalue weighted by molar-refractivity contribution is 5.92. The maximum atomic E-state index is 12.3. The molecule has 0 aliphatic heterocycles. The molecule has 0 saturated heterocycles. The molecule has 1 aromatic carbocycles. The van der Waals surface area contributed by atoms with E-state index in [2.05, 4.69) is 9.97 Å². The molecule has 4 N–H and O–H groups in total. The first-order chi connectivity index (χ1) is 11.1. The molecule has 114 valence electrons. The first kappa shape index (κ1) is 14.5. The maximum absolute atomic E-state index is 12.3. The third-order valence-corrected chi connectivity index (χ3v) is 3.27. The standard InChI is InChI=1S/C16H12N4O3/c17-13(21)11-7-4-8-20(9-11)12-15(22)18-14(19-16(12)23)10-5-2-1-3-6-10/h1-9H,(H3-,17,18,19,21,22,23)/p+1. The van der Waals surface area contributed by atoms with Crippen LogP contribution in [-0.2, 0) is 0 Å². The van der Waals surface area contributed by atoms with E-state index in [1.165, 1.54) is 23.0 Å². The number of amides is 1. The van der Waals surface area contributed by atoms with Gasteiger partial charge in [-0.15, -0.1) is 0 Å². The Hall–Kier alpha value is -3.48. The van der Waals surface area contributed by atoms with E-state index in [-0.39, 0.29) is 17.1 Å². The number of pyridine rings is 1. The lowest BCUT2D eigenvalue weighted by Gasteiger charge is -2.03. The van der Waals surface area contributed by atoms with Gasteiger partial charge < -0.3 is 15.8 Å². The number of benzene rings is 1. The second-order valence-corrected chi connectivity index (χ2v) is 4.82. The van der Waals surface area contributed by atoms with Crippen LogP contribution in [-0.4, -0.2) is 21.0 Å². The molecule has 0 bridgehead atoms. The normalized spacial score (nSPS) is 10.4. The van der Waals surface area contributed by atoms with Crippen LogP contribution in [0, 0.1) is 0 Å². The Labute approximate surface area is 130 Å². The highest BCUT2D eigenvalue weighted by Crippen LogP contribution is 2.17. The second-order valence-electron chi connectivity index (χ2n) is 4.82. The predicted molar refractivity (Wildman–Crippen MR) is 82.0 cm³/mol. The summed E-state index contributed by atoms with van der Waals surface area (Å²) in [5.74, 6) is -0.827. The molecule has 0 aliphatic rings. The van der Waals surface area contributed by atoms with Crippen LogP contribution in [0.3, 0.4) is 0 Å². The Morgan fingerprint density at radius 2 is 1.91 bits per heavy atom.